The molecule has 2 atom stereocenters. The van der Waals surface area contributed by atoms with E-state index in [0.29, 0.717) is 24.4 Å². The fourth-order valence-electron chi connectivity index (χ4n) is 2.85. The molecule has 1 aliphatic carbocycles. The van der Waals surface area contributed by atoms with Crippen molar-refractivity contribution >= 4 is 29.9 Å². The van der Waals surface area contributed by atoms with Crippen LogP contribution < -0.4 is 10.6 Å². The molecule has 25 heavy (non-hydrogen) atoms. The van der Waals surface area contributed by atoms with Gasteiger partial charge < -0.3 is 15.7 Å². The monoisotopic (exact) mass is 475 g/mol. The summed E-state index contributed by atoms with van der Waals surface area (Å²) in [6.45, 7) is 0.242. The molecule has 1 aliphatic rings. The van der Waals surface area contributed by atoms with Gasteiger partial charge in [0.05, 0.1) is 5.92 Å². The first-order chi connectivity index (χ1) is 11.3. The minimum Gasteiger partial charge on any atom is -0.505 e. The van der Waals surface area contributed by atoms with Gasteiger partial charge in [0.15, 0.2) is 17.5 Å². The molecule has 4 nitrogen and oxygen atoms in total. The number of phenolic OH excluding ortho intramolecular Hbond substituents is 1. The van der Waals surface area contributed by atoms with Crippen molar-refractivity contribution in [1.82, 2.24) is 10.6 Å². The van der Waals surface area contributed by atoms with Gasteiger partial charge >= 0.3 is 6.18 Å². The maximum atomic E-state index is 13.3. The lowest BCUT2D eigenvalue weighted by Gasteiger charge is -2.31. The molecule has 1 fully saturated rings. The lowest BCUT2D eigenvalue weighted by molar-refractivity contribution is -0.183. The Morgan fingerprint density at radius 2 is 2.04 bits per heavy atom. The molecule has 0 radical (unpaired) electrons. The summed E-state index contributed by atoms with van der Waals surface area (Å²) in [5.74, 6) is -2.07. The van der Waals surface area contributed by atoms with Gasteiger partial charge in [0.25, 0.3) is 0 Å². The van der Waals surface area contributed by atoms with Crippen LogP contribution in [0.1, 0.15) is 31.2 Å². The molecule has 9 heteroatoms. The van der Waals surface area contributed by atoms with Gasteiger partial charge in [0.2, 0.25) is 0 Å². The molecule has 1 saturated carbocycles. The predicted molar refractivity (Wildman–Crippen MR) is 98.6 cm³/mol. The molecule has 0 aromatic heterocycles. The van der Waals surface area contributed by atoms with Crippen molar-refractivity contribution < 1.29 is 22.7 Å². The summed E-state index contributed by atoms with van der Waals surface area (Å²) in [6.07, 6.45) is -2.80. The van der Waals surface area contributed by atoms with Crippen LogP contribution >= 0.6 is 24.0 Å². The van der Waals surface area contributed by atoms with Crippen LogP contribution in [-0.2, 0) is 6.54 Å². The molecule has 0 aliphatic heterocycles. The van der Waals surface area contributed by atoms with Crippen molar-refractivity contribution in [3.63, 3.8) is 0 Å². The fraction of sp³-hybridized carbons (Fsp3) is 0.562. The maximum Gasteiger partial charge on any atom is 0.391 e. The van der Waals surface area contributed by atoms with E-state index in [4.69, 9.17) is 5.11 Å². The molecule has 142 valence electrons. The summed E-state index contributed by atoms with van der Waals surface area (Å²) in [4.78, 5) is 3.99. The van der Waals surface area contributed by atoms with Crippen LogP contribution in [0.15, 0.2) is 23.2 Å². The van der Waals surface area contributed by atoms with E-state index in [-0.39, 0.29) is 49.4 Å². The Bertz CT molecular complexity index is 595. The number of benzene rings is 1. The first-order valence-corrected chi connectivity index (χ1v) is 7.81. The highest BCUT2D eigenvalue weighted by Crippen LogP contribution is 2.37. The Kier molecular flexibility index (Phi) is 8.23. The van der Waals surface area contributed by atoms with E-state index in [1.54, 1.807) is 6.07 Å². The highest BCUT2D eigenvalue weighted by molar-refractivity contribution is 14.0. The zero-order valence-electron chi connectivity index (χ0n) is 13.7. The van der Waals surface area contributed by atoms with Crippen molar-refractivity contribution in [3.05, 3.63) is 29.6 Å². The summed E-state index contributed by atoms with van der Waals surface area (Å²) in [7, 11) is 1.52. The van der Waals surface area contributed by atoms with Crippen LogP contribution in [0.5, 0.6) is 5.75 Å². The number of hydrogen-bond donors (Lipinski definition) is 3. The van der Waals surface area contributed by atoms with Crippen LogP contribution in [0.3, 0.4) is 0 Å². The molecule has 0 saturated heterocycles. The Balaban J connectivity index is 0.00000312. The van der Waals surface area contributed by atoms with Crippen molar-refractivity contribution in [2.24, 2.45) is 10.9 Å². The van der Waals surface area contributed by atoms with Gasteiger partial charge in [-0.05, 0) is 37.0 Å². The van der Waals surface area contributed by atoms with E-state index in [9.17, 15) is 17.6 Å². The molecule has 0 bridgehead atoms. The third-order valence-corrected chi connectivity index (χ3v) is 4.17. The Morgan fingerprint density at radius 1 is 1.32 bits per heavy atom. The van der Waals surface area contributed by atoms with Gasteiger partial charge in [-0.15, -0.1) is 24.0 Å². The number of nitrogens with zero attached hydrogens (tertiary/aromatic N) is 1. The van der Waals surface area contributed by atoms with Crippen LogP contribution in [0, 0.1) is 11.7 Å². The zero-order valence-corrected chi connectivity index (χ0v) is 16.1. The van der Waals surface area contributed by atoms with Crippen molar-refractivity contribution in [1.29, 1.82) is 0 Å². The molecule has 0 spiro atoms. The van der Waals surface area contributed by atoms with Crippen LogP contribution in [-0.4, -0.2) is 30.3 Å². The van der Waals surface area contributed by atoms with Gasteiger partial charge in [-0.25, -0.2) is 4.39 Å². The second-order valence-electron chi connectivity index (χ2n) is 5.96. The minimum absolute atomic E-state index is 0. The van der Waals surface area contributed by atoms with E-state index in [2.05, 4.69) is 15.6 Å². The van der Waals surface area contributed by atoms with Crippen LogP contribution in [0.25, 0.3) is 0 Å². The molecule has 0 amide bonds. The molecule has 1 aromatic carbocycles. The molecule has 2 rings (SSSR count). The lowest BCUT2D eigenvalue weighted by atomic mass is 9.85. The van der Waals surface area contributed by atoms with Gasteiger partial charge in [-0.2, -0.15) is 13.2 Å². The number of aromatic hydroxyl groups is 1. The molecule has 2 unspecified atom stereocenters. The standard InChI is InChI=1S/C16H21F4N3O.HI/c1-21-15(22-9-10-5-6-14(24)13(17)7-10)23-12-4-2-3-11(8-12)16(18,19)20;/h5-7,11-12,24H,2-4,8-9H2,1H3,(H2,21,22,23);1H. The van der Waals surface area contributed by atoms with E-state index in [0.717, 1.165) is 0 Å². The summed E-state index contributed by atoms with van der Waals surface area (Å²) >= 11 is 0. The summed E-state index contributed by atoms with van der Waals surface area (Å²) in [5.41, 5.74) is 0.588. The van der Waals surface area contributed by atoms with E-state index in [1.807, 2.05) is 0 Å². The van der Waals surface area contributed by atoms with E-state index >= 15 is 0 Å². The van der Waals surface area contributed by atoms with Crippen LogP contribution in [0.2, 0.25) is 0 Å². The zero-order chi connectivity index (χ0) is 17.7. The number of aliphatic imine (C=N–C) groups is 1. The number of phenols is 1. The average molecular weight is 475 g/mol. The topological polar surface area (TPSA) is 56.7 Å². The first kappa shape index (κ1) is 21.8. The quantitative estimate of drug-likeness (QED) is 0.269. The normalized spacial score (nSPS) is 21.4. The molecular formula is C16H22F4IN3O. The average Bonchev–Trinajstić information content (AvgIpc) is 2.54. The van der Waals surface area contributed by atoms with Crippen molar-refractivity contribution in [2.75, 3.05) is 7.05 Å². The highest BCUT2D eigenvalue weighted by Gasteiger charge is 2.42. The summed E-state index contributed by atoms with van der Waals surface area (Å²) < 4.78 is 51.8. The van der Waals surface area contributed by atoms with Gasteiger partial charge in [0, 0.05) is 19.6 Å². The fourth-order valence-corrected chi connectivity index (χ4v) is 2.85. The predicted octanol–water partition coefficient (Wildman–Crippen LogP) is 3.94. The van der Waals surface area contributed by atoms with Gasteiger partial charge in [0.1, 0.15) is 0 Å². The van der Waals surface area contributed by atoms with Crippen molar-refractivity contribution in [3.8, 4) is 5.75 Å². The lowest BCUT2D eigenvalue weighted by Crippen LogP contribution is -2.46. The Hall–Kier alpha value is -1.26. The number of nitrogens with one attached hydrogen (secondary N) is 2. The van der Waals surface area contributed by atoms with Crippen molar-refractivity contribution in [2.45, 2.75) is 44.4 Å². The third-order valence-electron chi connectivity index (χ3n) is 4.17. The maximum absolute atomic E-state index is 13.3. The Morgan fingerprint density at radius 3 is 2.64 bits per heavy atom. The second-order valence-corrected chi connectivity index (χ2v) is 5.96. The van der Waals surface area contributed by atoms with Gasteiger partial charge in [-0.3, -0.25) is 4.99 Å². The van der Waals surface area contributed by atoms with E-state index in [1.165, 1.54) is 19.2 Å². The second kappa shape index (κ2) is 9.44. The molecular weight excluding hydrogens is 453 g/mol. The third kappa shape index (κ3) is 6.52. The smallest absolute Gasteiger partial charge is 0.391 e. The number of hydrogen-bond acceptors (Lipinski definition) is 2. The minimum atomic E-state index is -4.17. The number of halogens is 5. The Labute approximate surface area is 161 Å². The number of guanidine groups is 1. The molecule has 1 aromatic rings. The van der Waals surface area contributed by atoms with Crippen LogP contribution in [0.4, 0.5) is 17.6 Å². The van der Waals surface area contributed by atoms with Gasteiger partial charge in [-0.1, -0.05) is 12.5 Å². The highest BCUT2D eigenvalue weighted by atomic mass is 127. The van der Waals surface area contributed by atoms with E-state index < -0.39 is 23.7 Å². The molecule has 3 N–H and O–H groups in total. The summed E-state index contributed by atoms with van der Waals surface area (Å²) in [6, 6.07) is 3.69. The largest absolute Gasteiger partial charge is 0.505 e. The number of rotatable bonds is 3. The summed E-state index contributed by atoms with van der Waals surface area (Å²) in [5, 5.41) is 15.1. The first-order valence-electron chi connectivity index (χ1n) is 7.81. The SMILES string of the molecule is CN=C(NCc1ccc(O)c(F)c1)NC1CCCC(C(F)(F)F)C1.I. The number of alkyl halides is 3. The molecule has 0 heterocycles.